The monoisotopic (exact) mass is 277 g/mol. The first-order valence-electron chi connectivity index (χ1n) is 7.52. The molecule has 1 aromatic rings. The Labute approximate surface area is 122 Å². The molecule has 2 atom stereocenters. The van der Waals surface area contributed by atoms with Gasteiger partial charge in [0.1, 0.15) is 5.54 Å². The molecule has 0 aromatic heterocycles. The van der Waals surface area contributed by atoms with Crippen molar-refractivity contribution in [3.05, 3.63) is 35.4 Å². The van der Waals surface area contributed by atoms with Crippen molar-refractivity contribution in [2.45, 2.75) is 59.0 Å². The number of hydrogen-bond acceptors (Lipinski definition) is 3. The standard InChI is InChI=1S/C17H27NO2/c1-6-13(4)18-17(5,16(19)20-8-3)15-11-9-14(7-2)10-12-15/h9-13,18H,6-8H2,1-5H3. The summed E-state index contributed by atoms with van der Waals surface area (Å²) in [6.07, 6.45) is 1.96. The van der Waals surface area contributed by atoms with Crippen molar-refractivity contribution >= 4 is 5.97 Å². The highest BCUT2D eigenvalue weighted by Crippen LogP contribution is 2.24. The van der Waals surface area contributed by atoms with E-state index in [-0.39, 0.29) is 12.0 Å². The molecular formula is C17H27NO2. The van der Waals surface area contributed by atoms with Crippen LogP contribution in [-0.4, -0.2) is 18.6 Å². The first-order valence-corrected chi connectivity index (χ1v) is 7.52. The maximum absolute atomic E-state index is 12.4. The highest BCUT2D eigenvalue weighted by atomic mass is 16.5. The molecule has 0 aliphatic carbocycles. The second-order valence-corrected chi connectivity index (χ2v) is 5.35. The van der Waals surface area contributed by atoms with Crippen LogP contribution < -0.4 is 5.32 Å². The van der Waals surface area contributed by atoms with Crippen molar-refractivity contribution in [3.63, 3.8) is 0 Å². The third-order valence-electron chi connectivity index (χ3n) is 3.77. The Kier molecular flexibility index (Phi) is 6.21. The van der Waals surface area contributed by atoms with Gasteiger partial charge in [0.25, 0.3) is 0 Å². The molecule has 0 aliphatic heterocycles. The zero-order valence-corrected chi connectivity index (χ0v) is 13.3. The van der Waals surface area contributed by atoms with E-state index in [1.807, 2.05) is 26.0 Å². The molecule has 1 N–H and O–H groups in total. The van der Waals surface area contributed by atoms with Crippen LogP contribution in [0.5, 0.6) is 0 Å². The molecule has 0 fully saturated rings. The Morgan fingerprint density at radius 1 is 1.25 bits per heavy atom. The van der Waals surface area contributed by atoms with E-state index >= 15 is 0 Å². The molecule has 0 saturated heterocycles. The van der Waals surface area contributed by atoms with Gasteiger partial charge in [-0.2, -0.15) is 0 Å². The highest BCUT2D eigenvalue weighted by molar-refractivity contribution is 5.82. The summed E-state index contributed by atoms with van der Waals surface area (Å²) in [5.41, 5.74) is 1.43. The summed E-state index contributed by atoms with van der Waals surface area (Å²) in [5.74, 6) is -0.218. The van der Waals surface area contributed by atoms with Crippen LogP contribution in [0.15, 0.2) is 24.3 Å². The molecule has 1 aromatic carbocycles. The van der Waals surface area contributed by atoms with Crippen LogP contribution in [0.4, 0.5) is 0 Å². The number of hydrogen-bond donors (Lipinski definition) is 1. The van der Waals surface area contributed by atoms with Gasteiger partial charge in [-0.15, -0.1) is 0 Å². The van der Waals surface area contributed by atoms with E-state index in [4.69, 9.17) is 4.74 Å². The fraction of sp³-hybridized carbons (Fsp3) is 0.588. The van der Waals surface area contributed by atoms with Crippen molar-refractivity contribution in [1.29, 1.82) is 0 Å². The SMILES string of the molecule is CCOC(=O)C(C)(NC(C)CC)c1ccc(CC)cc1. The van der Waals surface area contributed by atoms with Gasteiger partial charge in [-0.05, 0) is 44.7 Å². The van der Waals surface area contributed by atoms with Crippen molar-refractivity contribution in [3.8, 4) is 0 Å². The van der Waals surface area contributed by atoms with E-state index in [0.29, 0.717) is 6.61 Å². The number of benzene rings is 1. The molecule has 0 heterocycles. The lowest BCUT2D eigenvalue weighted by atomic mass is 9.90. The largest absolute Gasteiger partial charge is 0.464 e. The van der Waals surface area contributed by atoms with Crippen LogP contribution in [-0.2, 0) is 21.5 Å². The lowest BCUT2D eigenvalue weighted by Crippen LogP contribution is -2.51. The minimum atomic E-state index is -0.794. The molecule has 2 unspecified atom stereocenters. The molecule has 0 amide bonds. The molecule has 3 heteroatoms. The van der Waals surface area contributed by atoms with E-state index in [1.165, 1.54) is 5.56 Å². The lowest BCUT2D eigenvalue weighted by Gasteiger charge is -2.32. The molecule has 0 spiro atoms. The van der Waals surface area contributed by atoms with Gasteiger partial charge in [0.15, 0.2) is 0 Å². The van der Waals surface area contributed by atoms with E-state index in [0.717, 1.165) is 18.4 Å². The molecule has 0 saturated carbocycles. The zero-order chi connectivity index (χ0) is 15.2. The quantitative estimate of drug-likeness (QED) is 0.776. The van der Waals surface area contributed by atoms with Crippen LogP contribution >= 0.6 is 0 Å². The van der Waals surface area contributed by atoms with Gasteiger partial charge in [-0.1, -0.05) is 38.1 Å². The Hall–Kier alpha value is -1.35. The summed E-state index contributed by atoms with van der Waals surface area (Å²) in [7, 11) is 0. The minimum absolute atomic E-state index is 0.218. The smallest absolute Gasteiger partial charge is 0.330 e. The number of esters is 1. The van der Waals surface area contributed by atoms with Gasteiger partial charge in [0.05, 0.1) is 6.61 Å². The topological polar surface area (TPSA) is 38.3 Å². The summed E-state index contributed by atoms with van der Waals surface area (Å²) in [4.78, 5) is 12.4. The fourth-order valence-electron chi connectivity index (χ4n) is 2.20. The van der Waals surface area contributed by atoms with E-state index in [2.05, 4.69) is 38.2 Å². The van der Waals surface area contributed by atoms with Crippen molar-refractivity contribution in [2.24, 2.45) is 0 Å². The van der Waals surface area contributed by atoms with Gasteiger partial charge < -0.3 is 4.74 Å². The van der Waals surface area contributed by atoms with Crippen molar-refractivity contribution in [2.75, 3.05) is 6.61 Å². The molecule has 20 heavy (non-hydrogen) atoms. The Morgan fingerprint density at radius 2 is 1.85 bits per heavy atom. The van der Waals surface area contributed by atoms with Gasteiger partial charge in [0, 0.05) is 6.04 Å². The summed E-state index contributed by atoms with van der Waals surface area (Å²) >= 11 is 0. The van der Waals surface area contributed by atoms with E-state index < -0.39 is 5.54 Å². The molecular weight excluding hydrogens is 250 g/mol. The molecule has 0 radical (unpaired) electrons. The van der Waals surface area contributed by atoms with E-state index in [1.54, 1.807) is 0 Å². The molecule has 112 valence electrons. The van der Waals surface area contributed by atoms with Crippen molar-refractivity contribution < 1.29 is 9.53 Å². The second kappa shape index (κ2) is 7.44. The van der Waals surface area contributed by atoms with Crippen LogP contribution in [0.1, 0.15) is 52.2 Å². The lowest BCUT2D eigenvalue weighted by molar-refractivity contribution is -0.151. The number of carbonyl (C=O) groups is 1. The molecule has 1 rings (SSSR count). The molecule has 3 nitrogen and oxygen atoms in total. The predicted octanol–water partition coefficient (Wildman–Crippen LogP) is 3.42. The number of rotatable bonds is 7. The number of carbonyl (C=O) groups excluding carboxylic acids is 1. The van der Waals surface area contributed by atoms with Crippen molar-refractivity contribution in [1.82, 2.24) is 5.32 Å². The highest BCUT2D eigenvalue weighted by Gasteiger charge is 2.37. The van der Waals surface area contributed by atoms with Crippen LogP contribution in [0.3, 0.4) is 0 Å². The van der Waals surface area contributed by atoms with Crippen LogP contribution in [0, 0.1) is 0 Å². The number of nitrogens with one attached hydrogen (secondary N) is 1. The van der Waals surface area contributed by atoms with Gasteiger partial charge >= 0.3 is 5.97 Å². The first kappa shape index (κ1) is 16.7. The average molecular weight is 277 g/mol. The van der Waals surface area contributed by atoms with Crippen LogP contribution in [0.2, 0.25) is 0 Å². The number of ether oxygens (including phenoxy) is 1. The Bertz CT molecular complexity index is 427. The summed E-state index contributed by atoms with van der Waals surface area (Å²) in [6, 6.07) is 8.43. The van der Waals surface area contributed by atoms with Gasteiger partial charge in [-0.3, -0.25) is 5.32 Å². The average Bonchev–Trinajstić information content (AvgIpc) is 2.47. The fourth-order valence-corrected chi connectivity index (χ4v) is 2.20. The van der Waals surface area contributed by atoms with E-state index in [9.17, 15) is 4.79 Å². The van der Waals surface area contributed by atoms with Gasteiger partial charge in [-0.25, -0.2) is 4.79 Å². The maximum Gasteiger partial charge on any atom is 0.330 e. The third-order valence-corrected chi connectivity index (χ3v) is 3.77. The second-order valence-electron chi connectivity index (χ2n) is 5.35. The Balaban J connectivity index is 3.10. The summed E-state index contributed by atoms with van der Waals surface area (Å²) in [5, 5.41) is 3.41. The zero-order valence-electron chi connectivity index (χ0n) is 13.3. The molecule has 0 bridgehead atoms. The third kappa shape index (κ3) is 3.83. The summed E-state index contributed by atoms with van der Waals surface area (Å²) < 4.78 is 5.26. The maximum atomic E-state index is 12.4. The predicted molar refractivity (Wildman–Crippen MR) is 82.7 cm³/mol. The number of aryl methyl sites for hydroxylation is 1. The summed E-state index contributed by atoms with van der Waals surface area (Å²) in [6.45, 7) is 10.4. The Morgan fingerprint density at radius 3 is 2.30 bits per heavy atom. The minimum Gasteiger partial charge on any atom is -0.464 e. The van der Waals surface area contributed by atoms with Crippen LogP contribution in [0.25, 0.3) is 0 Å². The normalized spacial score (nSPS) is 15.4. The molecule has 0 aliphatic rings. The first-order chi connectivity index (χ1) is 9.47. The van der Waals surface area contributed by atoms with Gasteiger partial charge in [0.2, 0.25) is 0 Å².